The topological polar surface area (TPSA) is 86.7 Å². The van der Waals surface area contributed by atoms with Crippen molar-refractivity contribution in [1.82, 2.24) is 4.57 Å². The van der Waals surface area contributed by atoms with Crippen LogP contribution in [0.15, 0.2) is 29.3 Å². The summed E-state index contributed by atoms with van der Waals surface area (Å²) in [5, 5.41) is 10.7. The summed E-state index contributed by atoms with van der Waals surface area (Å²) in [7, 11) is 1.62. The molecule has 26 heavy (non-hydrogen) atoms. The monoisotopic (exact) mass is 391 g/mol. The molecule has 2 heterocycles. The average molecular weight is 391 g/mol. The van der Waals surface area contributed by atoms with Gasteiger partial charge in [-0.15, -0.1) is 0 Å². The summed E-state index contributed by atoms with van der Waals surface area (Å²) in [6.07, 6.45) is 0. The Kier molecular flexibility index (Phi) is 5.30. The van der Waals surface area contributed by atoms with Crippen LogP contribution in [-0.4, -0.2) is 29.1 Å². The summed E-state index contributed by atoms with van der Waals surface area (Å²) in [6, 6.07) is 6.92. The van der Waals surface area contributed by atoms with Crippen molar-refractivity contribution in [3.8, 4) is 0 Å². The van der Waals surface area contributed by atoms with E-state index in [1.54, 1.807) is 7.11 Å². The van der Waals surface area contributed by atoms with Crippen molar-refractivity contribution < 1.29 is 14.5 Å². The second-order valence-electron chi connectivity index (χ2n) is 5.77. The van der Waals surface area contributed by atoms with Crippen molar-refractivity contribution in [2.45, 2.75) is 20.4 Å². The highest BCUT2D eigenvalue weighted by Crippen LogP contribution is 2.25. The van der Waals surface area contributed by atoms with Crippen LogP contribution in [0, 0.1) is 24.0 Å². The maximum atomic E-state index is 12.5. The molecule has 3 rings (SSSR count). The van der Waals surface area contributed by atoms with Gasteiger partial charge in [-0.05, 0) is 37.1 Å². The maximum absolute atomic E-state index is 12.5. The molecule has 0 N–H and O–H groups in total. The number of thiazole rings is 1. The van der Waals surface area contributed by atoms with E-state index in [1.807, 2.05) is 18.4 Å². The number of amides is 1. The Hall–Kier alpha value is -2.36. The number of aromatic nitrogens is 1. The van der Waals surface area contributed by atoms with Crippen molar-refractivity contribution in [1.29, 1.82) is 0 Å². The molecule has 1 aromatic carbocycles. The molecule has 0 radical (unpaired) electrons. The lowest BCUT2D eigenvalue weighted by atomic mass is 10.1. The lowest BCUT2D eigenvalue weighted by molar-refractivity contribution is -0.380. The molecule has 0 aliphatic carbocycles. The predicted octanol–water partition coefficient (Wildman–Crippen LogP) is 3.68. The second kappa shape index (κ2) is 7.48. The Labute approximate surface area is 157 Å². The van der Waals surface area contributed by atoms with Crippen LogP contribution in [0.4, 0.5) is 5.00 Å². The van der Waals surface area contributed by atoms with Crippen LogP contribution in [0.25, 0.3) is 10.2 Å². The fraction of sp³-hybridized carbons (Fsp3) is 0.294. The van der Waals surface area contributed by atoms with E-state index in [-0.39, 0.29) is 9.88 Å². The number of rotatable bonds is 5. The number of nitro groups is 1. The molecule has 0 aliphatic rings. The number of carbonyl (C=O) groups excluding carboxylic acids is 1. The van der Waals surface area contributed by atoms with Crippen LogP contribution in [0.5, 0.6) is 0 Å². The van der Waals surface area contributed by atoms with Crippen molar-refractivity contribution in [3.63, 3.8) is 0 Å². The van der Waals surface area contributed by atoms with Gasteiger partial charge in [0.05, 0.1) is 21.7 Å². The number of hydrogen-bond donors (Lipinski definition) is 0. The SMILES string of the molecule is COCCn1c(=NC(=O)c2ccc([N+](=O)[O-])s2)sc2cc(C)cc(C)c21. The van der Waals surface area contributed by atoms with E-state index in [1.165, 1.54) is 23.5 Å². The summed E-state index contributed by atoms with van der Waals surface area (Å²) in [4.78, 5) is 27.8. The van der Waals surface area contributed by atoms with Crippen LogP contribution < -0.4 is 4.80 Å². The van der Waals surface area contributed by atoms with Gasteiger partial charge in [-0.1, -0.05) is 28.7 Å². The quantitative estimate of drug-likeness (QED) is 0.490. The first-order valence-corrected chi connectivity index (χ1v) is 9.47. The molecule has 1 amide bonds. The van der Waals surface area contributed by atoms with Gasteiger partial charge >= 0.3 is 5.00 Å². The fourth-order valence-electron chi connectivity index (χ4n) is 2.75. The molecular weight excluding hydrogens is 374 g/mol. The summed E-state index contributed by atoms with van der Waals surface area (Å²) in [5.74, 6) is -0.477. The van der Waals surface area contributed by atoms with E-state index >= 15 is 0 Å². The van der Waals surface area contributed by atoms with Crippen molar-refractivity contribution >= 4 is 43.8 Å². The first-order chi connectivity index (χ1) is 12.4. The zero-order valence-electron chi connectivity index (χ0n) is 14.5. The first-order valence-electron chi connectivity index (χ1n) is 7.83. The highest BCUT2D eigenvalue weighted by Gasteiger charge is 2.16. The van der Waals surface area contributed by atoms with Crippen LogP contribution in [0.3, 0.4) is 0 Å². The minimum absolute atomic E-state index is 0.0707. The number of carbonyl (C=O) groups is 1. The predicted molar refractivity (Wildman–Crippen MR) is 102 cm³/mol. The minimum atomic E-state index is -0.508. The number of ether oxygens (including phenoxy) is 1. The number of aryl methyl sites for hydroxylation is 2. The first kappa shape index (κ1) is 18.4. The zero-order chi connectivity index (χ0) is 18.8. The Bertz CT molecular complexity index is 1060. The van der Waals surface area contributed by atoms with Gasteiger partial charge in [-0.3, -0.25) is 14.9 Å². The molecule has 0 saturated heterocycles. The van der Waals surface area contributed by atoms with Crippen molar-refractivity contribution in [2.75, 3.05) is 13.7 Å². The zero-order valence-corrected chi connectivity index (χ0v) is 16.1. The van der Waals surface area contributed by atoms with Gasteiger partial charge in [-0.25, -0.2) is 0 Å². The average Bonchev–Trinajstić information content (AvgIpc) is 3.18. The van der Waals surface area contributed by atoms with E-state index in [9.17, 15) is 14.9 Å². The summed E-state index contributed by atoms with van der Waals surface area (Å²) >= 11 is 2.26. The molecule has 9 heteroatoms. The molecule has 0 bridgehead atoms. The summed E-state index contributed by atoms with van der Waals surface area (Å²) in [6.45, 7) is 5.11. The number of nitrogens with zero attached hydrogens (tertiary/aromatic N) is 3. The summed E-state index contributed by atoms with van der Waals surface area (Å²) < 4.78 is 8.20. The second-order valence-corrected chi connectivity index (χ2v) is 7.84. The van der Waals surface area contributed by atoms with Gasteiger partial charge < -0.3 is 9.30 Å². The third-order valence-corrected chi connectivity index (χ3v) is 5.86. The molecule has 3 aromatic rings. The van der Waals surface area contributed by atoms with E-state index in [0.29, 0.717) is 18.0 Å². The van der Waals surface area contributed by atoms with E-state index in [2.05, 4.69) is 17.1 Å². The van der Waals surface area contributed by atoms with E-state index < -0.39 is 10.8 Å². The van der Waals surface area contributed by atoms with Gasteiger partial charge in [0.1, 0.15) is 4.88 Å². The molecule has 0 atom stereocenters. The molecule has 136 valence electrons. The number of methoxy groups -OCH3 is 1. The fourth-order valence-corrected chi connectivity index (χ4v) is 4.69. The molecular formula is C17H17N3O4S2. The minimum Gasteiger partial charge on any atom is -0.383 e. The highest BCUT2D eigenvalue weighted by atomic mass is 32.1. The Balaban J connectivity index is 2.12. The third-order valence-electron chi connectivity index (χ3n) is 3.81. The number of hydrogen-bond acceptors (Lipinski definition) is 6. The molecule has 0 spiro atoms. The molecule has 0 aliphatic heterocycles. The Morgan fingerprint density at radius 2 is 2.08 bits per heavy atom. The molecule has 0 unspecified atom stereocenters. The van der Waals surface area contributed by atoms with Crippen LogP contribution in [0.2, 0.25) is 0 Å². The Morgan fingerprint density at radius 3 is 2.73 bits per heavy atom. The van der Waals surface area contributed by atoms with Gasteiger partial charge in [-0.2, -0.15) is 4.99 Å². The molecule has 7 nitrogen and oxygen atoms in total. The standard InChI is InChI=1S/C17H17N3O4S2/c1-10-8-11(2)15-13(9-10)26-17(19(15)6-7-24-3)18-16(21)12-4-5-14(25-12)20(22)23/h4-5,8-9H,6-7H2,1-3H3. The number of thiophene rings is 1. The van der Waals surface area contributed by atoms with Crippen molar-refractivity contribution in [2.24, 2.45) is 4.99 Å². The molecule has 2 aromatic heterocycles. The van der Waals surface area contributed by atoms with Crippen LogP contribution in [0.1, 0.15) is 20.8 Å². The van der Waals surface area contributed by atoms with E-state index in [0.717, 1.165) is 32.7 Å². The highest BCUT2D eigenvalue weighted by molar-refractivity contribution is 7.17. The lowest BCUT2D eigenvalue weighted by Gasteiger charge is -2.07. The Morgan fingerprint density at radius 1 is 1.31 bits per heavy atom. The maximum Gasteiger partial charge on any atom is 0.324 e. The smallest absolute Gasteiger partial charge is 0.324 e. The van der Waals surface area contributed by atoms with Crippen molar-refractivity contribution in [3.05, 3.63) is 55.2 Å². The van der Waals surface area contributed by atoms with Gasteiger partial charge in [0.2, 0.25) is 0 Å². The van der Waals surface area contributed by atoms with Gasteiger partial charge in [0.25, 0.3) is 5.91 Å². The largest absolute Gasteiger partial charge is 0.383 e. The van der Waals surface area contributed by atoms with Gasteiger partial charge in [0.15, 0.2) is 4.80 Å². The lowest BCUT2D eigenvalue weighted by Crippen LogP contribution is -2.19. The normalized spacial score (nSPS) is 12.0. The third kappa shape index (κ3) is 3.59. The summed E-state index contributed by atoms with van der Waals surface area (Å²) in [5.41, 5.74) is 3.27. The van der Waals surface area contributed by atoms with Crippen LogP contribution in [-0.2, 0) is 11.3 Å². The van der Waals surface area contributed by atoms with Crippen LogP contribution >= 0.6 is 22.7 Å². The molecule has 0 saturated carbocycles. The molecule has 0 fully saturated rings. The number of benzene rings is 1. The van der Waals surface area contributed by atoms with Gasteiger partial charge in [0, 0.05) is 19.7 Å². The number of fused-ring (bicyclic) bond motifs is 1. The van der Waals surface area contributed by atoms with E-state index in [4.69, 9.17) is 4.74 Å².